The van der Waals surface area contributed by atoms with E-state index in [1.807, 2.05) is 0 Å². The van der Waals surface area contributed by atoms with Crippen molar-refractivity contribution in [1.82, 2.24) is 19.7 Å². The van der Waals surface area contributed by atoms with Crippen molar-refractivity contribution in [1.29, 1.82) is 0 Å². The topological polar surface area (TPSA) is 86.9 Å². The van der Waals surface area contributed by atoms with Crippen molar-refractivity contribution in [3.63, 3.8) is 0 Å². The molecule has 0 aliphatic rings. The molecule has 0 atom stereocenters. The zero-order valence-corrected chi connectivity index (χ0v) is 16.8. The van der Waals surface area contributed by atoms with Crippen LogP contribution in [0.4, 0.5) is 0 Å². The number of benzene rings is 1. The third-order valence-corrected chi connectivity index (χ3v) is 5.16. The quantitative estimate of drug-likeness (QED) is 0.334. The average Bonchev–Trinajstić information content (AvgIpc) is 3.34. The van der Waals surface area contributed by atoms with Crippen LogP contribution in [-0.2, 0) is 12.3 Å². The van der Waals surface area contributed by atoms with Gasteiger partial charge in [0.2, 0.25) is 11.7 Å². The second-order valence-corrected chi connectivity index (χ2v) is 8.02. The Kier molecular flexibility index (Phi) is 5.23. The highest BCUT2D eigenvalue weighted by Gasteiger charge is 2.16. The molecular weight excluding hydrogens is 400 g/mol. The third-order valence-electron chi connectivity index (χ3n) is 3.96. The summed E-state index contributed by atoms with van der Waals surface area (Å²) < 4.78 is 12.2. The number of rotatable bonds is 6. The number of nitrogens with zero attached hydrogens (tertiary/aromatic N) is 4. The number of hydrogen-bond donors (Lipinski definition) is 0. The van der Waals surface area contributed by atoms with E-state index in [0.717, 1.165) is 0 Å². The molecule has 0 radical (unpaired) electrons. The van der Waals surface area contributed by atoms with Gasteiger partial charge in [-0.05, 0) is 36.2 Å². The third kappa shape index (κ3) is 3.83. The van der Waals surface area contributed by atoms with Crippen molar-refractivity contribution < 1.29 is 8.94 Å². The number of thioether (sulfide) groups is 1. The Balaban J connectivity index is 1.65. The summed E-state index contributed by atoms with van der Waals surface area (Å²) in [7, 11) is 0. The van der Waals surface area contributed by atoms with Gasteiger partial charge in [-0.2, -0.15) is 4.98 Å². The summed E-state index contributed by atoms with van der Waals surface area (Å²) >= 11 is 7.44. The van der Waals surface area contributed by atoms with Crippen LogP contribution in [0.2, 0.25) is 5.02 Å². The molecule has 0 amide bonds. The van der Waals surface area contributed by atoms with Crippen LogP contribution >= 0.6 is 23.4 Å². The summed E-state index contributed by atoms with van der Waals surface area (Å²) in [6, 6.07) is 8.66. The maximum absolute atomic E-state index is 13.0. The molecule has 1 aromatic carbocycles. The standard InChI is InChI=1S/C19H17ClN4O3S/c1-11(2)9-24-18(25)13-8-12(20)5-6-14(13)21-19(24)28-10-16-22-17(23-27-16)15-4-3-7-26-15/h3-8,11H,9-10H2,1-2H3. The molecule has 0 spiro atoms. The minimum atomic E-state index is -0.106. The van der Waals surface area contributed by atoms with Crippen LogP contribution in [0.5, 0.6) is 0 Å². The minimum Gasteiger partial charge on any atom is -0.461 e. The van der Waals surface area contributed by atoms with Gasteiger partial charge in [0, 0.05) is 11.6 Å². The molecule has 3 heterocycles. The summed E-state index contributed by atoms with van der Waals surface area (Å²) in [5, 5.41) is 5.55. The first-order chi connectivity index (χ1) is 13.5. The van der Waals surface area contributed by atoms with Gasteiger partial charge in [-0.1, -0.05) is 42.4 Å². The zero-order chi connectivity index (χ0) is 19.7. The van der Waals surface area contributed by atoms with E-state index in [9.17, 15) is 4.79 Å². The van der Waals surface area contributed by atoms with E-state index in [4.69, 9.17) is 20.5 Å². The lowest BCUT2D eigenvalue weighted by Gasteiger charge is -2.14. The number of halogens is 1. The normalized spacial score (nSPS) is 11.6. The smallest absolute Gasteiger partial charge is 0.262 e. The van der Waals surface area contributed by atoms with E-state index in [-0.39, 0.29) is 11.5 Å². The molecule has 0 aliphatic carbocycles. The second-order valence-electron chi connectivity index (χ2n) is 6.64. The van der Waals surface area contributed by atoms with Crippen molar-refractivity contribution in [3.05, 3.63) is 57.9 Å². The van der Waals surface area contributed by atoms with Gasteiger partial charge in [0.05, 0.1) is 22.9 Å². The second kappa shape index (κ2) is 7.81. The van der Waals surface area contributed by atoms with E-state index in [1.54, 1.807) is 41.2 Å². The van der Waals surface area contributed by atoms with E-state index < -0.39 is 0 Å². The van der Waals surface area contributed by atoms with E-state index >= 15 is 0 Å². The predicted molar refractivity (Wildman–Crippen MR) is 107 cm³/mol. The highest BCUT2D eigenvalue weighted by molar-refractivity contribution is 7.98. The molecule has 4 rings (SSSR count). The molecular formula is C19H17ClN4O3S. The molecule has 9 heteroatoms. The van der Waals surface area contributed by atoms with Gasteiger partial charge < -0.3 is 8.94 Å². The Labute approximate surface area is 169 Å². The van der Waals surface area contributed by atoms with Crippen molar-refractivity contribution in [2.24, 2.45) is 5.92 Å². The summed E-state index contributed by atoms with van der Waals surface area (Å²) in [6.45, 7) is 4.66. The molecule has 7 nitrogen and oxygen atoms in total. The highest BCUT2D eigenvalue weighted by Crippen LogP contribution is 2.25. The monoisotopic (exact) mass is 416 g/mol. The lowest BCUT2D eigenvalue weighted by Crippen LogP contribution is -2.25. The molecule has 0 N–H and O–H groups in total. The van der Waals surface area contributed by atoms with Crippen LogP contribution in [0, 0.1) is 5.92 Å². The van der Waals surface area contributed by atoms with Crippen LogP contribution in [0.25, 0.3) is 22.5 Å². The maximum atomic E-state index is 13.0. The Morgan fingerprint density at radius 1 is 1.25 bits per heavy atom. The summed E-state index contributed by atoms with van der Waals surface area (Å²) in [5.74, 6) is 2.03. The summed E-state index contributed by atoms with van der Waals surface area (Å²) in [5.41, 5.74) is 0.504. The van der Waals surface area contributed by atoms with Crippen LogP contribution in [-0.4, -0.2) is 19.7 Å². The van der Waals surface area contributed by atoms with Crippen LogP contribution < -0.4 is 5.56 Å². The van der Waals surface area contributed by atoms with Crippen molar-refractivity contribution in [2.45, 2.75) is 31.3 Å². The van der Waals surface area contributed by atoms with Crippen LogP contribution in [0.15, 0.2) is 55.5 Å². The molecule has 144 valence electrons. The molecule has 0 aliphatic heterocycles. The van der Waals surface area contributed by atoms with Gasteiger partial charge in [-0.25, -0.2) is 4.98 Å². The van der Waals surface area contributed by atoms with E-state index in [1.165, 1.54) is 11.8 Å². The van der Waals surface area contributed by atoms with Crippen molar-refractivity contribution in [2.75, 3.05) is 0 Å². The summed E-state index contributed by atoms with van der Waals surface area (Å²) in [4.78, 5) is 22.0. The zero-order valence-electron chi connectivity index (χ0n) is 15.3. The first-order valence-electron chi connectivity index (χ1n) is 8.70. The van der Waals surface area contributed by atoms with E-state index in [0.29, 0.717) is 50.9 Å². The Morgan fingerprint density at radius 2 is 2.11 bits per heavy atom. The molecule has 0 bridgehead atoms. The maximum Gasteiger partial charge on any atom is 0.262 e. The molecule has 3 aromatic heterocycles. The average molecular weight is 417 g/mol. The van der Waals surface area contributed by atoms with Crippen LogP contribution in [0.3, 0.4) is 0 Å². The molecule has 0 unspecified atom stereocenters. The fraction of sp³-hybridized carbons (Fsp3) is 0.263. The fourth-order valence-corrected chi connectivity index (χ4v) is 3.77. The van der Waals surface area contributed by atoms with Gasteiger partial charge in [-0.3, -0.25) is 9.36 Å². The highest BCUT2D eigenvalue weighted by atomic mass is 35.5. The molecule has 4 aromatic rings. The molecule has 0 fully saturated rings. The number of fused-ring (bicyclic) bond motifs is 1. The van der Waals surface area contributed by atoms with Gasteiger partial charge >= 0.3 is 0 Å². The largest absolute Gasteiger partial charge is 0.461 e. The van der Waals surface area contributed by atoms with Crippen molar-refractivity contribution in [3.8, 4) is 11.6 Å². The van der Waals surface area contributed by atoms with Gasteiger partial charge in [-0.15, -0.1) is 0 Å². The van der Waals surface area contributed by atoms with Gasteiger partial charge in [0.25, 0.3) is 5.56 Å². The lowest BCUT2D eigenvalue weighted by molar-refractivity contribution is 0.390. The van der Waals surface area contributed by atoms with Gasteiger partial charge in [0.15, 0.2) is 10.9 Å². The first-order valence-corrected chi connectivity index (χ1v) is 10.1. The van der Waals surface area contributed by atoms with Crippen LogP contribution in [0.1, 0.15) is 19.7 Å². The first kappa shape index (κ1) is 18.8. The summed E-state index contributed by atoms with van der Waals surface area (Å²) in [6.07, 6.45) is 1.55. The number of hydrogen-bond acceptors (Lipinski definition) is 7. The predicted octanol–water partition coefficient (Wildman–Crippen LogP) is 4.64. The van der Waals surface area contributed by atoms with E-state index in [2.05, 4.69) is 29.0 Å². The molecule has 28 heavy (non-hydrogen) atoms. The molecule has 0 saturated carbocycles. The Morgan fingerprint density at radius 3 is 2.86 bits per heavy atom. The minimum absolute atomic E-state index is 0.106. The fourth-order valence-electron chi connectivity index (χ4n) is 2.75. The lowest BCUT2D eigenvalue weighted by atomic mass is 10.2. The van der Waals surface area contributed by atoms with Gasteiger partial charge in [0.1, 0.15) is 0 Å². The Bertz CT molecular complexity index is 1170. The Hall–Kier alpha value is -2.58. The molecule has 0 saturated heterocycles. The SMILES string of the molecule is CC(C)Cn1c(SCc2nc(-c3ccco3)no2)nc2ccc(Cl)cc2c1=O. The van der Waals surface area contributed by atoms with Crippen molar-refractivity contribution >= 4 is 34.3 Å². The number of furan rings is 1. The number of aromatic nitrogens is 4.